The summed E-state index contributed by atoms with van der Waals surface area (Å²) >= 11 is 0. The van der Waals surface area contributed by atoms with Gasteiger partial charge in [0, 0.05) is 12.1 Å². The lowest BCUT2D eigenvalue weighted by Gasteiger charge is -2.12. The molecule has 1 aromatic rings. The van der Waals surface area contributed by atoms with Crippen LogP contribution in [0.25, 0.3) is 0 Å². The van der Waals surface area contributed by atoms with Gasteiger partial charge in [-0.1, -0.05) is 18.2 Å². The lowest BCUT2D eigenvalue weighted by atomic mass is 10.1. The SMILES string of the molecule is CCOc1c(C)cccc1CNC. The average molecular weight is 179 g/mol. The van der Waals surface area contributed by atoms with Crippen molar-refractivity contribution < 1.29 is 4.74 Å². The first-order valence-electron chi connectivity index (χ1n) is 4.65. The lowest BCUT2D eigenvalue weighted by Crippen LogP contribution is -2.08. The second kappa shape index (κ2) is 4.87. The summed E-state index contributed by atoms with van der Waals surface area (Å²) < 4.78 is 5.58. The van der Waals surface area contributed by atoms with Crippen molar-refractivity contribution in [3.63, 3.8) is 0 Å². The Balaban J connectivity index is 2.95. The first kappa shape index (κ1) is 10.1. The predicted octanol–water partition coefficient (Wildman–Crippen LogP) is 2.11. The Hall–Kier alpha value is -1.02. The third kappa shape index (κ3) is 2.46. The summed E-state index contributed by atoms with van der Waals surface area (Å²) in [6.07, 6.45) is 0. The fourth-order valence-electron chi connectivity index (χ4n) is 1.39. The molecule has 0 bridgehead atoms. The number of nitrogens with one attached hydrogen (secondary N) is 1. The van der Waals surface area contributed by atoms with Gasteiger partial charge in [-0.25, -0.2) is 0 Å². The molecule has 13 heavy (non-hydrogen) atoms. The van der Waals surface area contributed by atoms with Crippen LogP contribution >= 0.6 is 0 Å². The second-order valence-electron chi connectivity index (χ2n) is 3.03. The summed E-state index contributed by atoms with van der Waals surface area (Å²) in [4.78, 5) is 0. The number of ether oxygens (including phenoxy) is 1. The van der Waals surface area contributed by atoms with E-state index in [0.717, 1.165) is 18.9 Å². The van der Waals surface area contributed by atoms with Crippen LogP contribution in [0.4, 0.5) is 0 Å². The minimum Gasteiger partial charge on any atom is -0.493 e. The van der Waals surface area contributed by atoms with Gasteiger partial charge in [0.15, 0.2) is 0 Å². The van der Waals surface area contributed by atoms with Crippen molar-refractivity contribution in [3.05, 3.63) is 29.3 Å². The third-order valence-corrected chi connectivity index (χ3v) is 1.95. The van der Waals surface area contributed by atoms with E-state index in [0.29, 0.717) is 0 Å². The molecular formula is C11H17NO. The topological polar surface area (TPSA) is 21.3 Å². The summed E-state index contributed by atoms with van der Waals surface area (Å²) in [5, 5.41) is 3.13. The zero-order valence-electron chi connectivity index (χ0n) is 8.55. The Kier molecular flexibility index (Phi) is 3.77. The molecule has 0 saturated carbocycles. The normalized spacial score (nSPS) is 10.1. The van der Waals surface area contributed by atoms with Crippen LogP contribution in [-0.2, 0) is 6.54 Å². The van der Waals surface area contributed by atoms with E-state index in [4.69, 9.17) is 4.74 Å². The van der Waals surface area contributed by atoms with Crippen LogP contribution in [0.5, 0.6) is 5.75 Å². The molecule has 1 rings (SSSR count). The van der Waals surface area contributed by atoms with Gasteiger partial charge < -0.3 is 10.1 Å². The maximum Gasteiger partial charge on any atom is 0.126 e. The van der Waals surface area contributed by atoms with E-state index in [1.165, 1.54) is 11.1 Å². The summed E-state index contributed by atoms with van der Waals surface area (Å²) in [6, 6.07) is 6.23. The minimum atomic E-state index is 0.724. The molecule has 0 aliphatic heterocycles. The maximum atomic E-state index is 5.58. The summed E-state index contributed by atoms with van der Waals surface area (Å²) in [5.74, 6) is 1.03. The van der Waals surface area contributed by atoms with Crippen LogP contribution in [0.3, 0.4) is 0 Å². The van der Waals surface area contributed by atoms with Crippen molar-refractivity contribution >= 4 is 0 Å². The molecule has 0 atom stereocenters. The fraction of sp³-hybridized carbons (Fsp3) is 0.455. The molecule has 0 amide bonds. The molecule has 1 N–H and O–H groups in total. The fourth-order valence-corrected chi connectivity index (χ4v) is 1.39. The number of benzene rings is 1. The molecule has 2 nitrogen and oxygen atoms in total. The van der Waals surface area contributed by atoms with Crippen molar-refractivity contribution in [2.45, 2.75) is 20.4 Å². The number of hydrogen-bond acceptors (Lipinski definition) is 2. The van der Waals surface area contributed by atoms with Gasteiger partial charge in [-0.15, -0.1) is 0 Å². The Morgan fingerprint density at radius 2 is 2.15 bits per heavy atom. The standard InChI is InChI=1S/C11H17NO/c1-4-13-11-9(2)6-5-7-10(11)8-12-3/h5-7,12H,4,8H2,1-3H3. The molecule has 0 unspecified atom stereocenters. The highest BCUT2D eigenvalue weighted by Gasteiger charge is 2.04. The Labute approximate surface area is 79.9 Å². The van der Waals surface area contributed by atoms with Gasteiger partial charge in [0.05, 0.1) is 6.61 Å². The van der Waals surface area contributed by atoms with E-state index in [-0.39, 0.29) is 0 Å². The predicted molar refractivity (Wildman–Crippen MR) is 55.1 cm³/mol. The summed E-state index contributed by atoms with van der Waals surface area (Å²) in [6.45, 7) is 5.67. The van der Waals surface area contributed by atoms with Crippen LogP contribution in [-0.4, -0.2) is 13.7 Å². The number of aryl methyl sites for hydroxylation is 1. The quantitative estimate of drug-likeness (QED) is 0.764. The van der Waals surface area contributed by atoms with Crippen molar-refractivity contribution in [3.8, 4) is 5.75 Å². The van der Waals surface area contributed by atoms with Gasteiger partial charge in [-0.2, -0.15) is 0 Å². The van der Waals surface area contributed by atoms with E-state index < -0.39 is 0 Å². The third-order valence-electron chi connectivity index (χ3n) is 1.95. The van der Waals surface area contributed by atoms with Crippen molar-refractivity contribution in [1.82, 2.24) is 5.32 Å². The monoisotopic (exact) mass is 179 g/mol. The molecule has 0 aliphatic carbocycles. The van der Waals surface area contributed by atoms with Crippen molar-refractivity contribution in [2.24, 2.45) is 0 Å². The van der Waals surface area contributed by atoms with Gasteiger partial charge in [0.25, 0.3) is 0 Å². The largest absolute Gasteiger partial charge is 0.493 e. The van der Waals surface area contributed by atoms with Crippen LogP contribution in [0, 0.1) is 6.92 Å². The molecule has 72 valence electrons. The molecule has 1 aromatic carbocycles. The molecule has 0 radical (unpaired) electrons. The highest BCUT2D eigenvalue weighted by atomic mass is 16.5. The highest BCUT2D eigenvalue weighted by Crippen LogP contribution is 2.22. The number of hydrogen-bond donors (Lipinski definition) is 1. The molecular weight excluding hydrogens is 162 g/mol. The number of rotatable bonds is 4. The van der Waals surface area contributed by atoms with Crippen LogP contribution in [0.15, 0.2) is 18.2 Å². The van der Waals surface area contributed by atoms with Crippen LogP contribution in [0.1, 0.15) is 18.1 Å². The first-order chi connectivity index (χ1) is 6.29. The van der Waals surface area contributed by atoms with Crippen LogP contribution < -0.4 is 10.1 Å². The number of para-hydroxylation sites is 1. The minimum absolute atomic E-state index is 0.724. The molecule has 0 spiro atoms. The smallest absolute Gasteiger partial charge is 0.126 e. The zero-order valence-corrected chi connectivity index (χ0v) is 8.55. The van der Waals surface area contributed by atoms with E-state index in [2.05, 4.69) is 30.4 Å². The van der Waals surface area contributed by atoms with Gasteiger partial charge in [0.2, 0.25) is 0 Å². The molecule has 0 saturated heterocycles. The van der Waals surface area contributed by atoms with Gasteiger partial charge in [-0.05, 0) is 26.5 Å². The first-order valence-corrected chi connectivity index (χ1v) is 4.65. The Bertz CT molecular complexity index is 271. The Morgan fingerprint density at radius 1 is 1.38 bits per heavy atom. The van der Waals surface area contributed by atoms with Gasteiger partial charge in [0.1, 0.15) is 5.75 Å². The molecule has 2 heteroatoms. The lowest BCUT2D eigenvalue weighted by molar-refractivity contribution is 0.333. The van der Waals surface area contributed by atoms with Gasteiger partial charge in [-0.3, -0.25) is 0 Å². The van der Waals surface area contributed by atoms with Gasteiger partial charge >= 0.3 is 0 Å². The van der Waals surface area contributed by atoms with E-state index in [1.807, 2.05) is 14.0 Å². The Morgan fingerprint density at radius 3 is 2.77 bits per heavy atom. The summed E-state index contributed by atoms with van der Waals surface area (Å²) in [5.41, 5.74) is 2.43. The molecule has 0 aliphatic rings. The van der Waals surface area contributed by atoms with Crippen molar-refractivity contribution in [2.75, 3.05) is 13.7 Å². The summed E-state index contributed by atoms with van der Waals surface area (Å²) in [7, 11) is 1.94. The maximum absolute atomic E-state index is 5.58. The van der Waals surface area contributed by atoms with E-state index in [1.54, 1.807) is 0 Å². The van der Waals surface area contributed by atoms with E-state index >= 15 is 0 Å². The zero-order chi connectivity index (χ0) is 9.68. The second-order valence-corrected chi connectivity index (χ2v) is 3.03. The van der Waals surface area contributed by atoms with Crippen LogP contribution in [0.2, 0.25) is 0 Å². The van der Waals surface area contributed by atoms with E-state index in [9.17, 15) is 0 Å². The van der Waals surface area contributed by atoms with Crippen molar-refractivity contribution in [1.29, 1.82) is 0 Å². The molecule has 0 aromatic heterocycles. The molecule has 0 fully saturated rings. The average Bonchev–Trinajstić information content (AvgIpc) is 2.11. The molecule has 0 heterocycles. The highest BCUT2D eigenvalue weighted by molar-refractivity contribution is 5.40.